The van der Waals surface area contributed by atoms with Gasteiger partial charge in [-0.2, -0.15) is 0 Å². The van der Waals surface area contributed by atoms with Crippen molar-refractivity contribution in [1.29, 1.82) is 0 Å². The molecular formula is C27H30BrFN2O4. The van der Waals surface area contributed by atoms with Crippen LogP contribution in [0.25, 0.3) is 28.7 Å². The number of aliphatic hydroxyl groups is 2. The van der Waals surface area contributed by atoms with E-state index in [1.807, 2.05) is 42.7 Å². The highest BCUT2D eigenvalue weighted by Gasteiger charge is 2.22. The molecule has 3 aromatic rings. The summed E-state index contributed by atoms with van der Waals surface area (Å²) in [6.45, 7) is 7.46. The van der Waals surface area contributed by atoms with Crippen molar-refractivity contribution in [3.63, 3.8) is 0 Å². The van der Waals surface area contributed by atoms with Crippen molar-refractivity contribution in [3.05, 3.63) is 69.7 Å². The first-order chi connectivity index (χ1) is 16.5. The first-order valence-electron chi connectivity index (χ1n) is 11.4. The van der Waals surface area contributed by atoms with Crippen molar-refractivity contribution in [2.45, 2.75) is 58.7 Å². The van der Waals surface area contributed by atoms with Crippen LogP contribution in [-0.2, 0) is 4.79 Å². The van der Waals surface area contributed by atoms with E-state index < -0.39 is 24.6 Å². The van der Waals surface area contributed by atoms with Crippen molar-refractivity contribution in [3.8, 4) is 22.5 Å². The maximum absolute atomic E-state index is 14.5. The molecule has 186 valence electrons. The van der Waals surface area contributed by atoms with Crippen LogP contribution in [0.3, 0.4) is 0 Å². The van der Waals surface area contributed by atoms with E-state index in [-0.39, 0.29) is 18.2 Å². The number of hydrogen-bond donors (Lipinski definition) is 3. The smallest absolute Gasteiger partial charge is 0.305 e. The molecule has 0 aliphatic carbocycles. The molecule has 1 aromatic heterocycles. The predicted molar refractivity (Wildman–Crippen MR) is 139 cm³/mol. The summed E-state index contributed by atoms with van der Waals surface area (Å²) in [5.41, 5.74) is 4.14. The topological polar surface area (TPSA) is 95.6 Å². The normalized spacial score (nSPS) is 13.5. The summed E-state index contributed by atoms with van der Waals surface area (Å²) in [7, 11) is 0. The number of rotatable bonds is 9. The number of aromatic nitrogens is 2. The molecule has 1 heterocycles. The Kier molecular flexibility index (Phi) is 8.64. The lowest BCUT2D eigenvalue weighted by Gasteiger charge is -2.14. The molecule has 6 nitrogen and oxygen atoms in total. The summed E-state index contributed by atoms with van der Waals surface area (Å²) in [6.07, 6.45) is 0.405. The van der Waals surface area contributed by atoms with E-state index in [2.05, 4.69) is 15.9 Å². The number of benzene rings is 2. The third kappa shape index (κ3) is 6.45. The minimum absolute atomic E-state index is 0.0247. The molecule has 0 spiro atoms. The Hall–Kier alpha value is -2.81. The third-order valence-corrected chi connectivity index (χ3v) is 6.14. The van der Waals surface area contributed by atoms with Crippen LogP contribution in [0.1, 0.15) is 49.6 Å². The second kappa shape index (κ2) is 11.3. The summed E-state index contributed by atoms with van der Waals surface area (Å²) < 4.78 is 17.2. The van der Waals surface area contributed by atoms with Gasteiger partial charge in [0.2, 0.25) is 0 Å². The van der Waals surface area contributed by atoms with Gasteiger partial charge in [-0.3, -0.25) is 4.79 Å². The molecule has 0 amide bonds. The predicted octanol–water partition coefficient (Wildman–Crippen LogP) is 5.92. The minimum Gasteiger partial charge on any atom is -0.481 e. The SMILES string of the molecule is Cc1cc(-c2c(-c3cccc(Br)c3)nc(C(C)C)n2/C=C/C(O)CC(O)CC(=O)O)cc(C)c1F. The third-order valence-electron chi connectivity index (χ3n) is 5.64. The summed E-state index contributed by atoms with van der Waals surface area (Å²) in [5.74, 6) is -0.625. The molecule has 0 aliphatic heterocycles. The van der Waals surface area contributed by atoms with Crippen LogP contribution in [0, 0.1) is 19.7 Å². The average molecular weight is 545 g/mol. The number of aryl methyl sites for hydroxylation is 2. The van der Waals surface area contributed by atoms with Gasteiger partial charge in [-0.1, -0.05) is 41.9 Å². The van der Waals surface area contributed by atoms with Crippen LogP contribution < -0.4 is 0 Å². The highest BCUT2D eigenvalue weighted by atomic mass is 79.9. The van der Waals surface area contributed by atoms with Crippen LogP contribution in [0.15, 0.2) is 46.9 Å². The van der Waals surface area contributed by atoms with Crippen molar-refractivity contribution < 1.29 is 24.5 Å². The van der Waals surface area contributed by atoms with Crippen LogP contribution in [-0.4, -0.2) is 43.0 Å². The molecule has 0 radical (unpaired) electrons. The van der Waals surface area contributed by atoms with Gasteiger partial charge < -0.3 is 19.9 Å². The van der Waals surface area contributed by atoms with E-state index in [0.717, 1.165) is 27.1 Å². The van der Waals surface area contributed by atoms with Gasteiger partial charge in [0, 0.05) is 34.1 Å². The van der Waals surface area contributed by atoms with Gasteiger partial charge in [-0.05, 0) is 55.3 Å². The van der Waals surface area contributed by atoms with Crippen molar-refractivity contribution in [2.24, 2.45) is 0 Å². The average Bonchev–Trinajstić information content (AvgIpc) is 3.15. The van der Waals surface area contributed by atoms with Gasteiger partial charge in [0.05, 0.1) is 30.0 Å². The fourth-order valence-electron chi connectivity index (χ4n) is 4.03. The Morgan fingerprint density at radius 2 is 1.80 bits per heavy atom. The van der Waals surface area contributed by atoms with Crippen molar-refractivity contribution in [1.82, 2.24) is 9.55 Å². The van der Waals surface area contributed by atoms with E-state index >= 15 is 0 Å². The van der Waals surface area contributed by atoms with Gasteiger partial charge in [-0.15, -0.1) is 0 Å². The fraction of sp³-hybridized carbons (Fsp3) is 0.333. The number of aliphatic hydroxyl groups excluding tert-OH is 2. The zero-order chi connectivity index (χ0) is 25.9. The van der Waals surface area contributed by atoms with E-state index in [1.165, 1.54) is 6.08 Å². The summed E-state index contributed by atoms with van der Waals surface area (Å²) in [4.78, 5) is 15.8. The summed E-state index contributed by atoms with van der Waals surface area (Å²) >= 11 is 3.52. The van der Waals surface area contributed by atoms with E-state index in [4.69, 9.17) is 10.1 Å². The fourth-order valence-corrected chi connectivity index (χ4v) is 4.43. The van der Waals surface area contributed by atoms with Gasteiger partial charge in [0.25, 0.3) is 0 Å². The zero-order valence-corrected chi connectivity index (χ0v) is 21.8. The van der Waals surface area contributed by atoms with Crippen LogP contribution in [0.5, 0.6) is 0 Å². The maximum Gasteiger partial charge on any atom is 0.305 e. The number of carboxylic acids is 1. The first kappa shape index (κ1) is 26.8. The molecule has 0 bridgehead atoms. The zero-order valence-electron chi connectivity index (χ0n) is 20.2. The molecule has 0 aliphatic rings. The minimum atomic E-state index is -1.17. The molecular weight excluding hydrogens is 515 g/mol. The van der Waals surface area contributed by atoms with Crippen molar-refractivity contribution >= 4 is 28.1 Å². The van der Waals surface area contributed by atoms with Crippen LogP contribution in [0.2, 0.25) is 0 Å². The Morgan fingerprint density at radius 1 is 1.14 bits per heavy atom. The lowest BCUT2D eigenvalue weighted by atomic mass is 10.00. The van der Waals surface area contributed by atoms with Gasteiger partial charge >= 0.3 is 5.97 Å². The molecule has 2 unspecified atom stereocenters. The Labute approximate surface area is 212 Å². The molecule has 8 heteroatoms. The van der Waals surface area contributed by atoms with Crippen molar-refractivity contribution in [2.75, 3.05) is 0 Å². The molecule has 2 atom stereocenters. The molecule has 2 aromatic carbocycles. The van der Waals surface area contributed by atoms with E-state index in [1.54, 1.807) is 32.2 Å². The number of aliphatic carboxylic acids is 1. The van der Waals surface area contributed by atoms with Gasteiger partial charge in [0.1, 0.15) is 11.6 Å². The van der Waals surface area contributed by atoms with Gasteiger partial charge in [-0.25, -0.2) is 9.37 Å². The second-order valence-electron chi connectivity index (χ2n) is 9.02. The molecule has 0 fully saturated rings. The summed E-state index contributed by atoms with van der Waals surface area (Å²) in [6, 6.07) is 11.3. The highest BCUT2D eigenvalue weighted by molar-refractivity contribution is 9.10. The van der Waals surface area contributed by atoms with E-state index in [9.17, 15) is 19.4 Å². The lowest BCUT2D eigenvalue weighted by Crippen LogP contribution is -2.19. The number of carbonyl (C=O) groups is 1. The number of nitrogens with zero attached hydrogens (tertiary/aromatic N) is 2. The van der Waals surface area contributed by atoms with E-state index in [0.29, 0.717) is 16.8 Å². The second-order valence-corrected chi connectivity index (χ2v) is 9.94. The van der Waals surface area contributed by atoms with Crippen LogP contribution in [0.4, 0.5) is 4.39 Å². The monoisotopic (exact) mass is 544 g/mol. The molecule has 3 rings (SSSR count). The number of hydrogen-bond acceptors (Lipinski definition) is 4. The molecule has 0 saturated heterocycles. The molecule has 35 heavy (non-hydrogen) atoms. The maximum atomic E-state index is 14.5. The quantitative estimate of drug-likeness (QED) is 0.311. The molecule has 3 N–H and O–H groups in total. The Morgan fingerprint density at radius 3 is 2.37 bits per heavy atom. The highest BCUT2D eigenvalue weighted by Crippen LogP contribution is 2.37. The number of halogens is 2. The Balaban J connectivity index is 2.19. The first-order valence-corrected chi connectivity index (χ1v) is 12.2. The number of carboxylic acid groups (broad SMARTS) is 1. The lowest BCUT2D eigenvalue weighted by molar-refractivity contribution is -0.139. The standard InChI is InChI=1S/C27H30BrFN2O4/c1-15(2)27-30-25(18-6-5-7-20(28)12-18)26(19-10-16(3)24(29)17(4)11-19)31(27)9-8-21(32)13-22(33)14-23(34)35/h5-12,15,21-22,32-33H,13-14H2,1-4H3,(H,34,35)/b9-8+. The Bertz CT molecular complexity index is 1230. The summed E-state index contributed by atoms with van der Waals surface area (Å²) in [5, 5.41) is 29.2. The molecule has 0 saturated carbocycles. The van der Waals surface area contributed by atoms with Crippen LogP contribution >= 0.6 is 15.9 Å². The number of imidazole rings is 1. The van der Waals surface area contributed by atoms with Gasteiger partial charge in [0.15, 0.2) is 0 Å². The largest absolute Gasteiger partial charge is 0.481 e.